The molecular weight excluding hydrogens is 446 g/mol. The molecule has 5 rings (SSSR count). The normalized spacial score (nSPS) is 16.7. The molecule has 178 valence electrons. The Morgan fingerprint density at radius 1 is 1.32 bits per heavy atom. The molecular formula is C22H24F2N8O2. The summed E-state index contributed by atoms with van der Waals surface area (Å²) in [7, 11) is 3.30. The zero-order chi connectivity index (χ0) is 24.0. The van der Waals surface area contributed by atoms with Crippen molar-refractivity contribution in [1.29, 1.82) is 0 Å². The zero-order valence-electron chi connectivity index (χ0n) is 19.0. The van der Waals surface area contributed by atoms with Crippen LogP contribution in [0.3, 0.4) is 0 Å². The van der Waals surface area contributed by atoms with Gasteiger partial charge in [-0.1, -0.05) is 0 Å². The van der Waals surface area contributed by atoms with Crippen molar-refractivity contribution in [2.75, 3.05) is 26.0 Å². The van der Waals surface area contributed by atoms with E-state index in [2.05, 4.69) is 30.2 Å². The van der Waals surface area contributed by atoms with E-state index in [-0.39, 0.29) is 11.9 Å². The molecule has 1 fully saturated rings. The third kappa shape index (κ3) is 3.88. The number of halogens is 2. The minimum absolute atomic E-state index is 0.0317. The van der Waals surface area contributed by atoms with Gasteiger partial charge >= 0.3 is 0 Å². The van der Waals surface area contributed by atoms with E-state index in [1.165, 1.54) is 11.7 Å². The van der Waals surface area contributed by atoms with Crippen LogP contribution in [0.15, 0.2) is 18.5 Å². The van der Waals surface area contributed by atoms with Gasteiger partial charge in [0.2, 0.25) is 17.7 Å². The molecule has 0 radical (unpaired) electrons. The summed E-state index contributed by atoms with van der Waals surface area (Å²) in [4.78, 5) is 34.4. The molecule has 10 nitrogen and oxygen atoms in total. The Labute approximate surface area is 193 Å². The minimum Gasteiger partial charge on any atom is -0.480 e. The first kappa shape index (κ1) is 22.0. The maximum atomic E-state index is 13.1. The number of aromatic amines is 1. The van der Waals surface area contributed by atoms with E-state index in [0.717, 1.165) is 5.56 Å². The molecule has 0 spiro atoms. The number of rotatable bonds is 6. The third-order valence-electron chi connectivity index (χ3n) is 6.08. The first-order chi connectivity index (χ1) is 16.3. The van der Waals surface area contributed by atoms with Gasteiger partial charge in [-0.3, -0.25) is 4.79 Å². The molecule has 34 heavy (non-hydrogen) atoms. The van der Waals surface area contributed by atoms with E-state index in [9.17, 15) is 13.6 Å². The van der Waals surface area contributed by atoms with Gasteiger partial charge in [0.15, 0.2) is 5.65 Å². The molecule has 0 saturated carbocycles. The third-order valence-corrected chi connectivity index (χ3v) is 6.08. The van der Waals surface area contributed by atoms with Gasteiger partial charge in [-0.25, -0.2) is 18.7 Å². The molecule has 4 aromatic heterocycles. The second kappa shape index (κ2) is 8.50. The summed E-state index contributed by atoms with van der Waals surface area (Å²) >= 11 is 0. The number of aryl methyl sites for hydroxylation is 1. The highest BCUT2D eigenvalue weighted by molar-refractivity contribution is 5.98. The Hall–Kier alpha value is -3.83. The number of pyridine rings is 1. The van der Waals surface area contributed by atoms with Crippen molar-refractivity contribution in [3.8, 4) is 17.0 Å². The van der Waals surface area contributed by atoms with Crippen molar-refractivity contribution in [2.24, 2.45) is 0 Å². The zero-order valence-corrected chi connectivity index (χ0v) is 19.0. The van der Waals surface area contributed by atoms with Crippen LogP contribution in [0.25, 0.3) is 33.3 Å². The topological polar surface area (TPSA) is 114 Å². The number of amides is 1. The largest absolute Gasteiger partial charge is 0.480 e. The Bertz CT molecular complexity index is 1380. The van der Waals surface area contributed by atoms with Crippen molar-refractivity contribution in [2.45, 2.75) is 38.8 Å². The number of nitrogens with one attached hydrogen (secondary N) is 2. The molecule has 1 atom stereocenters. The molecule has 1 amide bonds. The predicted octanol–water partition coefficient (Wildman–Crippen LogP) is 2.98. The number of fused-ring (bicyclic) bond motifs is 2. The fourth-order valence-corrected chi connectivity index (χ4v) is 4.39. The summed E-state index contributed by atoms with van der Waals surface area (Å²) in [6.07, 6.45) is 2.07. The number of piperidine rings is 1. The van der Waals surface area contributed by atoms with Crippen LogP contribution in [0.5, 0.6) is 5.88 Å². The minimum atomic E-state index is -2.51. The van der Waals surface area contributed by atoms with Crippen LogP contribution in [-0.4, -0.2) is 73.5 Å². The number of H-pyrrole nitrogens is 1. The summed E-state index contributed by atoms with van der Waals surface area (Å²) in [5.74, 6) is 1.35. The second-order valence-electron chi connectivity index (χ2n) is 8.36. The SMILES string of the molecule is COc1nc(N[C@@H]2CCC(=O)N(C)C2)nc2[nH]cc(-c3cnc4nc(C)n(CC(F)F)c4c3)c12. The van der Waals surface area contributed by atoms with Crippen LogP contribution < -0.4 is 10.1 Å². The van der Waals surface area contributed by atoms with Gasteiger partial charge in [-0.2, -0.15) is 9.97 Å². The fourth-order valence-electron chi connectivity index (χ4n) is 4.39. The van der Waals surface area contributed by atoms with E-state index >= 15 is 0 Å². The number of carbonyl (C=O) groups is 1. The van der Waals surface area contributed by atoms with Crippen molar-refractivity contribution in [3.63, 3.8) is 0 Å². The average molecular weight is 470 g/mol. The van der Waals surface area contributed by atoms with Gasteiger partial charge < -0.3 is 24.5 Å². The Kier molecular flexibility index (Phi) is 5.50. The molecule has 2 N–H and O–H groups in total. The van der Waals surface area contributed by atoms with E-state index < -0.39 is 13.0 Å². The first-order valence-corrected chi connectivity index (χ1v) is 10.9. The van der Waals surface area contributed by atoms with Gasteiger partial charge in [0.05, 0.1) is 24.6 Å². The maximum absolute atomic E-state index is 13.1. The highest BCUT2D eigenvalue weighted by atomic mass is 19.3. The number of ether oxygens (including phenoxy) is 1. The number of likely N-dealkylation sites (tertiary alicyclic amines) is 1. The lowest BCUT2D eigenvalue weighted by Gasteiger charge is -2.30. The predicted molar refractivity (Wildman–Crippen MR) is 122 cm³/mol. The van der Waals surface area contributed by atoms with E-state index in [0.29, 0.717) is 64.8 Å². The molecule has 1 aliphatic rings. The lowest BCUT2D eigenvalue weighted by atomic mass is 10.1. The van der Waals surface area contributed by atoms with Gasteiger partial charge in [0.25, 0.3) is 6.43 Å². The van der Waals surface area contributed by atoms with Crippen LogP contribution in [0, 0.1) is 6.92 Å². The maximum Gasteiger partial charge on any atom is 0.256 e. The molecule has 5 heterocycles. The molecule has 0 aromatic carbocycles. The average Bonchev–Trinajstić information content (AvgIpc) is 3.36. The van der Waals surface area contributed by atoms with Gasteiger partial charge in [0, 0.05) is 49.6 Å². The summed E-state index contributed by atoms with van der Waals surface area (Å²) < 4.78 is 33.2. The highest BCUT2D eigenvalue weighted by Crippen LogP contribution is 2.35. The molecule has 4 aromatic rings. The molecule has 1 aliphatic heterocycles. The van der Waals surface area contributed by atoms with E-state index in [1.54, 1.807) is 37.3 Å². The first-order valence-electron chi connectivity index (χ1n) is 10.9. The molecule has 0 bridgehead atoms. The van der Waals surface area contributed by atoms with Crippen molar-refractivity contribution < 1.29 is 18.3 Å². The fraction of sp³-hybridized carbons (Fsp3) is 0.409. The lowest BCUT2D eigenvalue weighted by molar-refractivity contribution is -0.132. The van der Waals surface area contributed by atoms with Crippen LogP contribution in [-0.2, 0) is 11.3 Å². The number of imidazole rings is 1. The number of anilines is 1. The number of alkyl halides is 2. The van der Waals surface area contributed by atoms with Crippen LogP contribution in [0.2, 0.25) is 0 Å². The number of aromatic nitrogens is 6. The number of methoxy groups -OCH3 is 1. The highest BCUT2D eigenvalue weighted by Gasteiger charge is 2.24. The van der Waals surface area contributed by atoms with Crippen molar-refractivity contribution in [3.05, 3.63) is 24.3 Å². The smallest absolute Gasteiger partial charge is 0.256 e. The summed E-state index contributed by atoms with van der Waals surface area (Å²) in [5.41, 5.74) is 2.93. The van der Waals surface area contributed by atoms with Crippen LogP contribution in [0.4, 0.5) is 14.7 Å². The van der Waals surface area contributed by atoms with Crippen molar-refractivity contribution >= 4 is 34.1 Å². The number of nitrogens with zero attached hydrogens (tertiary/aromatic N) is 6. The van der Waals surface area contributed by atoms with Gasteiger partial charge in [-0.05, 0) is 19.4 Å². The van der Waals surface area contributed by atoms with Crippen LogP contribution >= 0.6 is 0 Å². The van der Waals surface area contributed by atoms with E-state index in [4.69, 9.17) is 4.74 Å². The summed E-state index contributed by atoms with van der Waals surface area (Å²) in [5, 5.41) is 3.94. The lowest BCUT2D eigenvalue weighted by Crippen LogP contribution is -2.43. The number of hydrogen-bond acceptors (Lipinski definition) is 7. The quantitative estimate of drug-likeness (QED) is 0.445. The summed E-state index contributed by atoms with van der Waals surface area (Å²) in [6.45, 7) is 1.79. The number of likely N-dealkylation sites (N-methyl/N-ethyl adjacent to an activating group) is 1. The van der Waals surface area contributed by atoms with Gasteiger partial charge in [0.1, 0.15) is 11.5 Å². The van der Waals surface area contributed by atoms with Crippen molar-refractivity contribution in [1.82, 2.24) is 34.4 Å². The Balaban J connectivity index is 1.52. The summed E-state index contributed by atoms with van der Waals surface area (Å²) in [6, 6.07) is 1.82. The monoisotopic (exact) mass is 470 g/mol. The van der Waals surface area contributed by atoms with Gasteiger partial charge in [-0.15, -0.1) is 0 Å². The van der Waals surface area contributed by atoms with Crippen LogP contribution in [0.1, 0.15) is 18.7 Å². The molecule has 0 unspecified atom stereocenters. The molecule has 12 heteroatoms. The Morgan fingerprint density at radius 3 is 2.88 bits per heavy atom. The number of hydrogen-bond donors (Lipinski definition) is 2. The Morgan fingerprint density at radius 2 is 2.15 bits per heavy atom. The molecule has 1 saturated heterocycles. The number of carbonyl (C=O) groups excluding carboxylic acids is 1. The van der Waals surface area contributed by atoms with E-state index in [1.807, 2.05) is 0 Å². The standard InChI is InChI=1S/C22H24F2N8O2/c1-11-27-19-15(32(11)10-16(23)24)6-12(7-25-19)14-8-26-20-18(14)21(34-3)30-22(29-20)28-13-4-5-17(33)31(2)9-13/h6-8,13,16H,4-5,9-10H2,1-3H3,(H2,26,28,29,30)/t13-/m1/s1. The second-order valence-corrected chi connectivity index (χ2v) is 8.36. The molecule has 0 aliphatic carbocycles.